The van der Waals surface area contributed by atoms with Crippen LogP contribution in [0, 0.1) is 0 Å². The smallest absolute Gasteiger partial charge is 0.226 e. The Labute approximate surface area is 67.6 Å². The molecule has 2 rings (SSSR count). The highest BCUT2D eigenvalue weighted by molar-refractivity contribution is 6.28. The molecule has 5 heteroatoms. The monoisotopic (exact) mass is 168 g/mol. The summed E-state index contributed by atoms with van der Waals surface area (Å²) in [7, 11) is 0. The van der Waals surface area contributed by atoms with Gasteiger partial charge < -0.3 is 5.73 Å². The molecule has 0 saturated carbocycles. The van der Waals surface area contributed by atoms with Crippen LogP contribution in [0.15, 0.2) is 18.3 Å². The molecule has 2 aromatic heterocycles. The Bertz CT molecular complexity index is 394. The molecular weight excluding hydrogens is 164 g/mol. The molecule has 0 aliphatic rings. The van der Waals surface area contributed by atoms with E-state index < -0.39 is 0 Å². The Kier molecular flexibility index (Phi) is 1.22. The van der Waals surface area contributed by atoms with Gasteiger partial charge in [0.15, 0.2) is 0 Å². The van der Waals surface area contributed by atoms with Gasteiger partial charge in [-0.3, -0.25) is 0 Å². The van der Waals surface area contributed by atoms with E-state index in [0.29, 0.717) is 5.82 Å². The number of hydrogen-bond acceptors (Lipinski definition) is 3. The Morgan fingerprint density at radius 2 is 2.36 bits per heavy atom. The van der Waals surface area contributed by atoms with Crippen molar-refractivity contribution in [3.8, 4) is 0 Å². The first-order chi connectivity index (χ1) is 5.27. The van der Waals surface area contributed by atoms with Crippen molar-refractivity contribution < 1.29 is 0 Å². The minimum atomic E-state index is 0.282. The molecule has 0 unspecified atom stereocenters. The zero-order valence-electron chi connectivity index (χ0n) is 5.53. The van der Waals surface area contributed by atoms with Gasteiger partial charge in [-0.1, -0.05) is 0 Å². The van der Waals surface area contributed by atoms with Gasteiger partial charge in [-0.25, -0.2) is 9.50 Å². The van der Waals surface area contributed by atoms with Gasteiger partial charge in [-0.2, -0.15) is 5.10 Å². The first-order valence-corrected chi connectivity index (χ1v) is 3.41. The molecule has 0 spiro atoms. The highest BCUT2D eigenvalue weighted by Crippen LogP contribution is 2.11. The summed E-state index contributed by atoms with van der Waals surface area (Å²) in [5.41, 5.74) is 6.30. The summed E-state index contributed by atoms with van der Waals surface area (Å²) in [6, 6.07) is 3.52. The first-order valence-electron chi connectivity index (χ1n) is 3.03. The summed E-state index contributed by atoms with van der Waals surface area (Å²) in [6.45, 7) is 0. The Morgan fingerprint density at radius 1 is 1.55 bits per heavy atom. The molecule has 4 nitrogen and oxygen atoms in total. The summed E-state index contributed by atoms with van der Waals surface area (Å²) in [6.07, 6.45) is 1.64. The van der Waals surface area contributed by atoms with Gasteiger partial charge in [0.25, 0.3) is 0 Å². The molecule has 11 heavy (non-hydrogen) atoms. The van der Waals surface area contributed by atoms with Crippen LogP contribution in [0.2, 0.25) is 5.28 Å². The molecule has 56 valence electrons. The number of aromatic nitrogens is 3. The van der Waals surface area contributed by atoms with Gasteiger partial charge >= 0.3 is 0 Å². The molecule has 0 amide bonds. The average molecular weight is 169 g/mol. The average Bonchev–Trinajstić information content (AvgIpc) is 2.34. The van der Waals surface area contributed by atoms with Crippen molar-refractivity contribution in [2.75, 3.05) is 5.73 Å². The fourth-order valence-electron chi connectivity index (χ4n) is 0.915. The molecular formula is C6H5ClN4. The van der Waals surface area contributed by atoms with Gasteiger partial charge in [0.05, 0.1) is 11.7 Å². The summed E-state index contributed by atoms with van der Waals surface area (Å²) < 4.78 is 1.51. The lowest BCUT2D eigenvalue weighted by Crippen LogP contribution is -1.96. The molecule has 0 aliphatic carbocycles. The second-order valence-corrected chi connectivity index (χ2v) is 2.46. The van der Waals surface area contributed by atoms with Crippen molar-refractivity contribution in [3.63, 3.8) is 0 Å². The van der Waals surface area contributed by atoms with Crippen LogP contribution in [0.4, 0.5) is 5.82 Å². The number of rotatable bonds is 0. The molecule has 0 saturated heterocycles. The van der Waals surface area contributed by atoms with Crippen molar-refractivity contribution in [1.82, 2.24) is 14.6 Å². The highest BCUT2D eigenvalue weighted by atomic mass is 35.5. The molecule has 0 fully saturated rings. The molecule has 0 radical (unpaired) electrons. The molecule has 0 aliphatic heterocycles. The van der Waals surface area contributed by atoms with Crippen molar-refractivity contribution in [1.29, 1.82) is 0 Å². The van der Waals surface area contributed by atoms with E-state index in [2.05, 4.69) is 10.1 Å². The zero-order chi connectivity index (χ0) is 7.84. The van der Waals surface area contributed by atoms with E-state index in [1.165, 1.54) is 4.52 Å². The third-order valence-corrected chi connectivity index (χ3v) is 1.61. The van der Waals surface area contributed by atoms with Gasteiger partial charge in [0.2, 0.25) is 5.28 Å². The topological polar surface area (TPSA) is 56.2 Å². The third-order valence-electron chi connectivity index (χ3n) is 1.36. The summed E-state index contributed by atoms with van der Waals surface area (Å²) >= 11 is 5.71. The first kappa shape index (κ1) is 6.42. The number of fused-ring (bicyclic) bond motifs is 1. The maximum absolute atomic E-state index is 5.71. The number of anilines is 1. The zero-order valence-corrected chi connectivity index (χ0v) is 6.28. The number of nitrogen functional groups attached to an aromatic ring is 1. The predicted octanol–water partition coefficient (Wildman–Crippen LogP) is 0.965. The van der Waals surface area contributed by atoms with Crippen LogP contribution in [0.3, 0.4) is 0 Å². The van der Waals surface area contributed by atoms with Crippen LogP contribution in [0.5, 0.6) is 0 Å². The van der Waals surface area contributed by atoms with Crippen LogP contribution < -0.4 is 5.73 Å². The number of hydrogen-bond donors (Lipinski definition) is 1. The second kappa shape index (κ2) is 2.10. The van der Waals surface area contributed by atoms with Crippen LogP contribution >= 0.6 is 11.6 Å². The fourth-order valence-corrected chi connectivity index (χ4v) is 1.15. The van der Waals surface area contributed by atoms with Crippen LogP contribution in [-0.2, 0) is 0 Å². The van der Waals surface area contributed by atoms with Gasteiger partial charge in [0.1, 0.15) is 5.82 Å². The number of halogens is 1. The lowest BCUT2D eigenvalue weighted by Gasteiger charge is -1.96. The van der Waals surface area contributed by atoms with Gasteiger partial charge in [-0.15, -0.1) is 0 Å². The molecule has 2 heterocycles. The van der Waals surface area contributed by atoms with Gasteiger partial charge in [-0.05, 0) is 17.7 Å². The largest absolute Gasteiger partial charge is 0.384 e. The summed E-state index contributed by atoms with van der Waals surface area (Å²) in [4.78, 5) is 3.82. The van der Waals surface area contributed by atoms with E-state index in [-0.39, 0.29) is 5.28 Å². The molecule has 0 aromatic carbocycles. The maximum atomic E-state index is 5.71. The minimum absolute atomic E-state index is 0.282. The van der Waals surface area contributed by atoms with Crippen molar-refractivity contribution in [2.45, 2.75) is 0 Å². The Hall–Kier alpha value is -1.29. The van der Waals surface area contributed by atoms with Crippen LogP contribution in [0.25, 0.3) is 5.52 Å². The molecule has 0 atom stereocenters. The summed E-state index contributed by atoms with van der Waals surface area (Å²) in [5, 5.41) is 4.21. The quantitative estimate of drug-likeness (QED) is 0.597. The van der Waals surface area contributed by atoms with E-state index in [0.717, 1.165) is 5.52 Å². The van der Waals surface area contributed by atoms with Crippen molar-refractivity contribution in [2.24, 2.45) is 0 Å². The lowest BCUT2D eigenvalue weighted by atomic mass is 10.4. The Balaban J connectivity index is 2.91. The number of nitrogens with zero attached hydrogens (tertiary/aromatic N) is 3. The van der Waals surface area contributed by atoms with Crippen molar-refractivity contribution in [3.05, 3.63) is 23.6 Å². The second-order valence-electron chi connectivity index (χ2n) is 2.12. The van der Waals surface area contributed by atoms with Crippen LogP contribution in [-0.4, -0.2) is 14.6 Å². The van der Waals surface area contributed by atoms with Gasteiger partial charge in [0, 0.05) is 6.07 Å². The van der Waals surface area contributed by atoms with E-state index in [1.54, 1.807) is 12.3 Å². The fraction of sp³-hybridized carbons (Fsp3) is 0. The maximum Gasteiger partial charge on any atom is 0.226 e. The normalized spacial score (nSPS) is 10.6. The summed E-state index contributed by atoms with van der Waals surface area (Å²) in [5.74, 6) is 0.406. The standard InChI is InChI=1S/C6H5ClN4/c7-6-10-5(8)3-4-1-2-9-11(4)6/h1-3H,8H2. The molecule has 2 N–H and O–H groups in total. The van der Waals surface area contributed by atoms with E-state index in [4.69, 9.17) is 17.3 Å². The predicted molar refractivity (Wildman–Crippen MR) is 42.4 cm³/mol. The van der Waals surface area contributed by atoms with E-state index >= 15 is 0 Å². The number of nitrogens with two attached hydrogens (primary N) is 1. The van der Waals surface area contributed by atoms with Crippen molar-refractivity contribution >= 4 is 22.9 Å². The van der Waals surface area contributed by atoms with E-state index in [1.807, 2.05) is 6.07 Å². The lowest BCUT2D eigenvalue weighted by molar-refractivity contribution is 0.926. The SMILES string of the molecule is Nc1cc2ccnn2c(Cl)n1. The highest BCUT2D eigenvalue weighted by Gasteiger charge is 2.00. The molecule has 0 bridgehead atoms. The van der Waals surface area contributed by atoms with E-state index in [9.17, 15) is 0 Å². The Morgan fingerprint density at radius 3 is 3.18 bits per heavy atom. The minimum Gasteiger partial charge on any atom is -0.384 e. The third kappa shape index (κ3) is 0.914. The van der Waals surface area contributed by atoms with Crippen LogP contribution in [0.1, 0.15) is 0 Å². The molecule has 2 aromatic rings.